The number of ether oxygens (including phenoxy) is 1. The summed E-state index contributed by atoms with van der Waals surface area (Å²) in [5.41, 5.74) is 1.41. The normalized spacial score (nSPS) is 18.4. The van der Waals surface area contributed by atoms with E-state index in [9.17, 15) is 13.2 Å². The molecule has 0 saturated carbocycles. The van der Waals surface area contributed by atoms with Crippen molar-refractivity contribution in [2.24, 2.45) is 0 Å². The van der Waals surface area contributed by atoms with E-state index in [-0.39, 0.29) is 35.9 Å². The van der Waals surface area contributed by atoms with Gasteiger partial charge in [-0.3, -0.25) is 4.79 Å². The van der Waals surface area contributed by atoms with Gasteiger partial charge in [-0.05, 0) is 18.6 Å². The number of fused-ring (bicyclic) bond motifs is 1. The van der Waals surface area contributed by atoms with Crippen molar-refractivity contribution in [3.63, 3.8) is 0 Å². The SMILES string of the molecule is O=C(COc1ncnc2c1cnn2-c1ccccc1)NC1CCS(=O)(=O)C1. The molecule has 1 aliphatic rings. The van der Waals surface area contributed by atoms with E-state index in [1.807, 2.05) is 30.3 Å². The minimum Gasteiger partial charge on any atom is -0.467 e. The molecule has 27 heavy (non-hydrogen) atoms. The van der Waals surface area contributed by atoms with Crippen LogP contribution in [0.3, 0.4) is 0 Å². The number of aromatic nitrogens is 4. The van der Waals surface area contributed by atoms with Crippen LogP contribution in [-0.2, 0) is 14.6 Å². The highest BCUT2D eigenvalue weighted by atomic mass is 32.2. The Kier molecular flexibility index (Phi) is 4.48. The zero-order valence-electron chi connectivity index (χ0n) is 14.3. The molecular formula is C17H17N5O4S. The molecule has 1 aliphatic heterocycles. The zero-order chi connectivity index (χ0) is 18.9. The van der Waals surface area contributed by atoms with Crippen molar-refractivity contribution >= 4 is 26.8 Å². The molecule has 1 amide bonds. The number of nitrogens with zero attached hydrogens (tertiary/aromatic N) is 4. The predicted octanol–water partition coefficient (Wildman–Crippen LogP) is 0.498. The van der Waals surface area contributed by atoms with Crippen LogP contribution in [0.5, 0.6) is 5.88 Å². The van der Waals surface area contributed by atoms with Crippen LogP contribution in [0.25, 0.3) is 16.7 Å². The fourth-order valence-corrected chi connectivity index (χ4v) is 4.68. The van der Waals surface area contributed by atoms with Gasteiger partial charge in [0.2, 0.25) is 5.88 Å². The van der Waals surface area contributed by atoms with E-state index >= 15 is 0 Å². The summed E-state index contributed by atoms with van der Waals surface area (Å²) in [5.74, 6) is -0.0691. The second-order valence-corrected chi connectivity index (χ2v) is 8.49. The summed E-state index contributed by atoms with van der Waals surface area (Å²) in [4.78, 5) is 20.4. The molecule has 3 aromatic rings. The van der Waals surface area contributed by atoms with Crippen LogP contribution in [0, 0.1) is 0 Å². The lowest BCUT2D eigenvalue weighted by atomic mass is 10.2. The van der Waals surface area contributed by atoms with E-state index in [1.54, 1.807) is 10.9 Å². The van der Waals surface area contributed by atoms with Crippen LogP contribution in [0.2, 0.25) is 0 Å². The number of sulfone groups is 1. The summed E-state index contributed by atoms with van der Waals surface area (Å²) in [7, 11) is -3.05. The van der Waals surface area contributed by atoms with Crippen molar-refractivity contribution in [2.45, 2.75) is 12.5 Å². The van der Waals surface area contributed by atoms with Gasteiger partial charge in [-0.2, -0.15) is 5.10 Å². The molecular weight excluding hydrogens is 370 g/mol. The van der Waals surface area contributed by atoms with Crippen molar-refractivity contribution in [1.82, 2.24) is 25.1 Å². The Hall–Kier alpha value is -3.01. The Bertz CT molecular complexity index is 1080. The highest BCUT2D eigenvalue weighted by molar-refractivity contribution is 7.91. The Labute approximate surface area is 155 Å². The van der Waals surface area contributed by atoms with Crippen molar-refractivity contribution in [3.8, 4) is 11.6 Å². The van der Waals surface area contributed by atoms with Gasteiger partial charge in [0, 0.05) is 6.04 Å². The number of hydrogen-bond donors (Lipinski definition) is 1. The smallest absolute Gasteiger partial charge is 0.258 e. The first kappa shape index (κ1) is 17.4. The summed E-state index contributed by atoms with van der Waals surface area (Å²) >= 11 is 0. The van der Waals surface area contributed by atoms with Gasteiger partial charge in [-0.25, -0.2) is 23.1 Å². The van der Waals surface area contributed by atoms with Gasteiger partial charge < -0.3 is 10.1 Å². The lowest BCUT2D eigenvalue weighted by molar-refractivity contribution is -0.123. The standard InChI is InChI=1S/C17H17N5O4S/c23-15(21-12-6-7-27(24,25)10-12)9-26-17-14-8-20-22(16(14)18-11-19-17)13-4-2-1-3-5-13/h1-5,8,11-12H,6-7,9-10H2,(H,21,23). The lowest BCUT2D eigenvalue weighted by Gasteiger charge is -2.11. The number of carbonyl (C=O) groups is 1. The average molecular weight is 387 g/mol. The van der Waals surface area contributed by atoms with E-state index < -0.39 is 9.84 Å². The van der Waals surface area contributed by atoms with Gasteiger partial charge in [-0.1, -0.05) is 18.2 Å². The lowest BCUT2D eigenvalue weighted by Crippen LogP contribution is -2.38. The van der Waals surface area contributed by atoms with Crippen LogP contribution in [-0.4, -0.2) is 58.2 Å². The summed E-state index contributed by atoms with van der Waals surface area (Å²) in [6.45, 7) is -0.265. The van der Waals surface area contributed by atoms with Gasteiger partial charge in [0.25, 0.3) is 5.91 Å². The predicted molar refractivity (Wildman–Crippen MR) is 97.4 cm³/mol. The van der Waals surface area contributed by atoms with Gasteiger partial charge in [0.15, 0.2) is 22.1 Å². The molecule has 0 bridgehead atoms. The number of carbonyl (C=O) groups excluding carboxylic acids is 1. The summed E-state index contributed by atoms with van der Waals surface area (Å²) in [5, 5.41) is 7.58. The second-order valence-electron chi connectivity index (χ2n) is 6.26. The molecule has 0 radical (unpaired) electrons. The highest BCUT2D eigenvalue weighted by Crippen LogP contribution is 2.23. The molecule has 1 aromatic carbocycles. The zero-order valence-corrected chi connectivity index (χ0v) is 15.1. The molecule has 1 N–H and O–H groups in total. The monoisotopic (exact) mass is 387 g/mol. The van der Waals surface area contributed by atoms with Crippen LogP contribution < -0.4 is 10.1 Å². The van der Waals surface area contributed by atoms with Gasteiger partial charge >= 0.3 is 0 Å². The first-order chi connectivity index (χ1) is 13.0. The van der Waals surface area contributed by atoms with Gasteiger partial charge in [0.05, 0.1) is 23.4 Å². The van der Waals surface area contributed by atoms with E-state index in [0.717, 1.165) is 5.69 Å². The van der Waals surface area contributed by atoms with Crippen LogP contribution in [0.4, 0.5) is 0 Å². The number of benzene rings is 1. The molecule has 0 spiro atoms. The summed E-state index contributed by atoms with van der Waals surface area (Å²) in [6.07, 6.45) is 3.36. The largest absolute Gasteiger partial charge is 0.467 e. The molecule has 10 heteroatoms. The van der Waals surface area contributed by atoms with Gasteiger partial charge in [-0.15, -0.1) is 0 Å². The molecule has 140 valence electrons. The third-order valence-electron chi connectivity index (χ3n) is 4.27. The van der Waals surface area contributed by atoms with Crippen LogP contribution in [0.1, 0.15) is 6.42 Å². The summed E-state index contributed by atoms with van der Waals surface area (Å²) in [6, 6.07) is 9.14. The molecule has 2 aromatic heterocycles. The molecule has 1 unspecified atom stereocenters. The number of amides is 1. The molecule has 1 fully saturated rings. The minimum absolute atomic E-state index is 0.0274. The maximum absolute atomic E-state index is 12.1. The molecule has 3 heterocycles. The number of para-hydroxylation sites is 1. The van der Waals surface area contributed by atoms with E-state index in [1.165, 1.54) is 6.33 Å². The van der Waals surface area contributed by atoms with Crippen molar-refractivity contribution in [1.29, 1.82) is 0 Å². The number of rotatable bonds is 5. The Morgan fingerprint density at radius 2 is 2.07 bits per heavy atom. The van der Waals surface area contributed by atoms with Crippen molar-refractivity contribution in [3.05, 3.63) is 42.9 Å². The van der Waals surface area contributed by atoms with E-state index in [0.29, 0.717) is 17.5 Å². The summed E-state index contributed by atoms with van der Waals surface area (Å²) < 4.78 is 30.1. The fraction of sp³-hybridized carbons (Fsp3) is 0.294. The molecule has 1 atom stereocenters. The number of hydrogen-bond acceptors (Lipinski definition) is 7. The third kappa shape index (κ3) is 3.75. The Morgan fingerprint density at radius 3 is 2.81 bits per heavy atom. The topological polar surface area (TPSA) is 116 Å². The van der Waals surface area contributed by atoms with Gasteiger partial charge in [0.1, 0.15) is 11.7 Å². The first-order valence-electron chi connectivity index (χ1n) is 8.38. The third-order valence-corrected chi connectivity index (χ3v) is 6.04. The first-order valence-corrected chi connectivity index (χ1v) is 10.2. The highest BCUT2D eigenvalue weighted by Gasteiger charge is 2.29. The molecule has 1 saturated heterocycles. The number of nitrogens with one attached hydrogen (secondary N) is 1. The fourth-order valence-electron chi connectivity index (χ4n) is 3.01. The minimum atomic E-state index is -3.05. The second kappa shape index (κ2) is 6.95. The Morgan fingerprint density at radius 1 is 1.26 bits per heavy atom. The maximum atomic E-state index is 12.1. The van der Waals surface area contributed by atoms with E-state index in [4.69, 9.17) is 4.74 Å². The average Bonchev–Trinajstić information content (AvgIpc) is 3.24. The van der Waals surface area contributed by atoms with E-state index in [2.05, 4.69) is 20.4 Å². The van der Waals surface area contributed by atoms with Crippen LogP contribution >= 0.6 is 0 Å². The van der Waals surface area contributed by atoms with Crippen molar-refractivity contribution in [2.75, 3.05) is 18.1 Å². The Balaban J connectivity index is 1.47. The van der Waals surface area contributed by atoms with Crippen LogP contribution in [0.15, 0.2) is 42.9 Å². The van der Waals surface area contributed by atoms with Crippen molar-refractivity contribution < 1.29 is 17.9 Å². The quantitative estimate of drug-likeness (QED) is 0.677. The molecule has 0 aliphatic carbocycles. The molecule has 4 rings (SSSR count). The molecule has 9 nitrogen and oxygen atoms in total. The maximum Gasteiger partial charge on any atom is 0.258 e.